The SMILES string of the molecule is CCCOc1cc(N(C)c2ccc(F)cc2)c(N)cc1F. The number of halogens is 2. The zero-order chi connectivity index (χ0) is 15.4. The van der Waals surface area contributed by atoms with Gasteiger partial charge in [0.2, 0.25) is 0 Å². The summed E-state index contributed by atoms with van der Waals surface area (Å²) in [5.74, 6) is -0.640. The Morgan fingerprint density at radius 2 is 1.81 bits per heavy atom. The number of benzene rings is 2. The predicted octanol–water partition coefficient (Wildman–Crippen LogP) is 4.10. The highest BCUT2D eigenvalue weighted by atomic mass is 19.1. The molecule has 0 unspecified atom stereocenters. The maximum Gasteiger partial charge on any atom is 0.167 e. The molecule has 0 saturated carbocycles. The summed E-state index contributed by atoms with van der Waals surface area (Å²) < 4.78 is 32.1. The minimum Gasteiger partial charge on any atom is -0.490 e. The minimum atomic E-state index is -0.489. The van der Waals surface area contributed by atoms with Gasteiger partial charge in [-0.25, -0.2) is 8.78 Å². The van der Waals surface area contributed by atoms with E-state index in [4.69, 9.17) is 10.5 Å². The molecule has 0 atom stereocenters. The summed E-state index contributed by atoms with van der Waals surface area (Å²) in [4.78, 5) is 1.76. The Morgan fingerprint density at radius 1 is 1.14 bits per heavy atom. The third kappa shape index (κ3) is 3.42. The lowest BCUT2D eigenvalue weighted by molar-refractivity contribution is 0.301. The molecule has 0 aliphatic rings. The fourth-order valence-corrected chi connectivity index (χ4v) is 1.97. The summed E-state index contributed by atoms with van der Waals surface area (Å²) >= 11 is 0. The van der Waals surface area contributed by atoms with E-state index in [1.807, 2.05) is 6.92 Å². The third-order valence-corrected chi connectivity index (χ3v) is 3.12. The van der Waals surface area contributed by atoms with Crippen molar-refractivity contribution in [2.75, 3.05) is 24.3 Å². The molecule has 0 fully saturated rings. The number of nitrogen functional groups attached to an aromatic ring is 1. The Labute approximate surface area is 122 Å². The van der Waals surface area contributed by atoms with E-state index in [0.29, 0.717) is 18.0 Å². The smallest absolute Gasteiger partial charge is 0.167 e. The van der Waals surface area contributed by atoms with Crippen molar-refractivity contribution in [3.05, 3.63) is 48.0 Å². The van der Waals surface area contributed by atoms with Gasteiger partial charge < -0.3 is 15.4 Å². The van der Waals surface area contributed by atoms with Crippen LogP contribution in [0, 0.1) is 11.6 Å². The van der Waals surface area contributed by atoms with E-state index in [0.717, 1.165) is 12.1 Å². The van der Waals surface area contributed by atoms with Crippen molar-refractivity contribution < 1.29 is 13.5 Å². The second-order valence-corrected chi connectivity index (χ2v) is 4.73. The normalized spacial score (nSPS) is 10.5. The van der Waals surface area contributed by atoms with Gasteiger partial charge in [0.1, 0.15) is 5.82 Å². The van der Waals surface area contributed by atoms with Crippen LogP contribution in [0.25, 0.3) is 0 Å². The summed E-state index contributed by atoms with van der Waals surface area (Å²) in [5, 5.41) is 0. The number of hydrogen-bond acceptors (Lipinski definition) is 3. The van der Waals surface area contributed by atoms with Crippen molar-refractivity contribution >= 4 is 17.1 Å². The Kier molecular flexibility index (Phi) is 4.62. The van der Waals surface area contributed by atoms with Crippen LogP contribution in [0.4, 0.5) is 25.8 Å². The third-order valence-electron chi connectivity index (χ3n) is 3.12. The van der Waals surface area contributed by atoms with Crippen molar-refractivity contribution in [2.45, 2.75) is 13.3 Å². The van der Waals surface area contributed by atoms with Crippen molar-refractivity contribution in [3.63, 3.8) is 0 Å². The lowest BCUT2D eigenvalue weighted by Gasteiger charge is -2.22. The van der Waals surface area contributed by atoms with Crippen LogP contribution in [0.15, 0.2) is 36.4 Å². The Bertz CT molecular complexity index is 614. The standard InChI is InChI=1S/C16H18F2N2O/c1-3-8-21-16-10-15(14(19)9-13(16)18)20(2)12-6-4-11(17)5-7-12/h4-7,9-10H,3,8,19H2,1-2H3. The molecule has 3 nitrogen and oxygen atoms in total. The molecule has 2 aromatic carbocycles. The van der Waals surface area contributed by atoms with E-state index in [-0.39, 0.29) is 11.6 Å². The number of ether oxygens (including phenoxy) is 1. The maximum atomic E-state index is 13.8. The first-order valence-corrected chi connectivity index (χ1v) is 6.74. The fourth-order valence-electron chi connectivity index (χ4n) is 1.97. The van der Waals surface area contributed by atoms with Crippen molar-refractivity contribution in [3.8, 4) is 5.75 Å². The van der Waals surface area contributed by atoms with Crippen LogP contribution in [0.1, 0.15) is 13.3 Å². The summed E-state index contributed by atoms with van der Waals surface area (Å²) in [5.41, 5.74) is 7.52. The molecule has 0 aromatic heterocycles. The predicted molar refractivity (Wildman–Crippen MR) is 81.1 cm³/mol. The van der Waals surface area contributed by atoms with Crippen LogP contribution in [-0.4, -0.2) is 13.7 Å². The molecule has 0 bridgehead atoms. The largest absolute Gasteiger partial charge is 0.490 e. The van der Waals surface area contributed by atoms with Crippen LogP contribution < -0.4 is 15.4 Å². The van der Waals surface area contributed by atoms with Crippen molar-refractivity contribution in [1.82, 2.24) is 0 Å². The fraction of sp³-hybridized carbons (Fsp3) is 0.250. The highest BCUT2D eigenvalue weighted by Gasteiger charge is 2.13. The number of anilines is 3. The highest BCUT2D eigenvalue weighted by molar-refractivity contribution is 5.76. The lowest BCUT2D eigenvalue weighted by atomic mass is 10.2. The van der Waals surface area contributed by atoms with Gasteiger partial charge in [-0.15, -0.1) is 0 Å². The van der Waals surface area contributed by atoms with E-state index in [1.54, 1.807) is 30.1 Å². The Balaban J connectivity index is 2.35. The van der Waals surface area contributed by atoms with Crippen LogP contribution in [0.3, 0.4) is 0 Å². The quantitative estimate of drug-likeness (QED) is 0.843. The van der Waals surface area contributed by atoms with Gasteiger partial charge in [0.25, 0.3) is 0 Å². The van der Waals surface area contributed by atoms with E-state index in [2.05, 4.69) is 0 Å². The van der Waals surface area contributed by atoms with Gasteiger partial charge >= 0.3 is 0 Å². The van der Waals surface area contributed by atoms with E-state index < -0.39 is 5.82 Å². The van der Waals surface area contributed by atoms with Crippen LogP contribution in [-0.2, 0) is 0 Å². The molecular weight excluding hydrogens is 274 g/mol. The van der Waals surface area contributed by atoms with Gasteiger partial charge in [-0.05, 0) is 30.7 Å². The molecule has 0 aliphatic carbocycles. The Morgan fingerprint density at radius 3 is 2.43 bits per heavy atom. The first kappa shape index (κ1) is 15.1. The topological polar surface area (TPSA) is 38.5 Å². The van der Waals surface area contributed by atoms with Gasteiger partial charge in [0, 0.05) is 24.9 Å². The molecule has 21 heavy (non-hydrogen) atoms. The number of nitrogens with two attached hydrogens (primary N) is 1. The average Bonchev–Trinajstić information content (AvgIpc) is 2.46. The Hall–Kier alpha value is -2.30. The second kappa shape index (κ2) is 6.43. The molecule has 0 heterocycles. The minimum absolute atomic E-state index is 0.162. The molecule has 2 rings (SSSR count). The van der Waals surface area contributed by atoms with Crippen LogP contribution >= 0.6 is 0 Å². The molecule has 2 aromatic rings. The number of hydrogen-bond donors (Lipinski definition) is 1. The van der Waals surface area contributed by atoms with Gasteiger partial charge in [-0.3, -0.25) is 0 Å². The zero-order valence-corrected chi connectivity index (χ0v) is 12.1. The van der Waals surface area contributed by atoms with Crippen LogP contribution in [0.2, 0.25) is 0 Å². The molecule has 5 heteroatoms. The van der Waals surface area contributed by atoms with Crippen molar-refractivity contribution in [2.24, 2.45) is 0 Å². The molecule has 0 saturated heterocycles. The van der Waals surface area contributed by atoms with E-state index >= 15 is 0 Å². The van der Waals surface area contributed by atoms with Gasteiger partial charge in [0.05, 0.1) is 18.0 Å². The summed E-state index contributed by atoms with van der Waals surface area (Å²) in [7, 11) is 1.78. The first-order valence-electron chi connectivity index (χ1n) is 6.74. The maximum absolute atomic E-state index is 13.8. The molecule has 112 valence electrons. The van der Waals surface area contributed by atoms with E-state index in [1.165, 1.54) is 18.2 Å². The zero-order valence-electron chi connectivity index (χ0n) is 12.1. The van der Waals surface area contributed by atoms with E-state index in [9.17, 15) is 8.78 Å². The van der Waals surface area contributed by atoms with Crippen molar-refractivity contribution in [1.29, 1.82) is 0 Å². The first-order chi connectivity index (χ1) is 10.0. The molecular formula is C16H18F2N2O. The summed E-state index contributed by atoms with van der Waals surface area (Å²) in [6.45, 7) is 2.38. The second-order valence-electron chi connectivity index (χ2n) is 4.73. The molecule has 0 radical (unpaired) electrons. The molecule has 0 amide bonds. The molecule has 0 spiro atoms. The number of nitrogens with zero attached hydrogens (tertiary/aromatic N) is 1. The van der Waals surface area contributed by atoms with Gasteiger partial charge in [-0.1, -0.05) is 6.92 Å². The lowest BCUT2D eigenvalue weighted by Crippen LogP contribution is -2.12. The monoisotopic (exact) mass is 292 g/mol. The van der Waals surface area contributed by atoms with Gasteiger partial charge in [0.15, 0.2) is 11.6 Å². The van der Waals surface area contributed by atoms with Crippen LogP contribution in [0.5, 0.6) is 5.75 Å². The number of rotatable bonds is 5. The average molecular weight is 292 g/mol. The summed E-state index contributed by atoms with van der Waals surface area (Å²) in [6.07, 6.45) is 0.785. The summed E-state index contributed by atoms with van der Waals surface area (Å²) in [6, 6.07) is 8.78. The molecule has 2 N–H and O–H groups in total. The highest BCUT2D eigenvalue weighted by Crippen LogP contribution is 2.34. The van der Waals surface area contributed by atoms with Gasteiger partial charge in [-0.2, -0.15) is 0 Å². The molecule has 0 aliphatic heterocycles.